The SMILES string of the molecule is CC(=O)Oc1cccc([C@@]23CC[N+](C)(C)C[C@@]2(O)CC[C@H](NC(=O)CCCCCc2ccccc2)C3)c1. The van der Waals surface area contributed by atoms with Crippen LogP contribution in [0.2, 0.25) is 0 Å². The molecule has 0 radical (unpaired) electrons. The van der Waals surface area contributed by atoms with Crippen LogP contribution in [0.15, 0.2) is 54.6 Å². The van der Waals surface area contributed by atoms with Crippen molar-refractivity contribution in [2.45, 2.75) is 81.8 Å². The number of likely N-dealkylation sites (tertiary alicyclic amines) is 1. The first-order chi connectivity index (χ1) is 17.6. The van der Waals surface area contributed by atoms with Crippen LogP contribution in [-0.2, 0) is 21.4 Å². The summed E-state index contributed by atoms with van der Waals surface area (Å²) < 4.78 is 6.15. The molecule has 2 fully saturated rings. The Morgan fingerprint density at radius 1 is 1.05 bits per heavy atom. The van der Waals surface area contributed by atoms with E-state index in [4.69, 9.17) is 4.74 Å². The van der Waals surface area contributed by atoms with Gasteiger partial charge in [-0.3, -0.25) is 9.59 Å². The highest BCUT2D eigenvalue weighted by atomic mass is 16.5. The van der Waals surface area contributed by atoms with Crippen molar-refractivity contribution in [2.75, 3.05) is 27.2 Å². The second-order valence-electron chi connectivity index (χ2n) is 11.9. The molecule has 2 aliphatic rings. The van der Waals surface area contributed by atoms with Crippen molar-refractivity contribution in [1.82, 2.24) is 5.32 Å². The van der Waals surface area contributed by atoms with E-state index in [9.17, 15) is 14.7 Å². The summed E-state index contributed by atoms with van der Waals surface area (Å²) in [5, 5.41) is 15.4. The minimum atomic E-state index is -0.887. The minimum Gasteiger partial charge on any atom is -0.427 e. The van der Waals surface area contributed by atoms with Gasteiger partial charge >= 0.3 is 5.97 Å². The van der Waals surface area contributed by atoms with Crippen LogP contribution in [0, 0.1) is 0 Å². The maximum absolute atomic E-state index is 12.9. The van der Waals surface area contributed by atoms with Crippen molar-refractivity contribution in [2.24, 2.45) is 0 Å². The molecule has 0 spiro atoms. The quantitative estimate of drug-likeness (QED) is 0.226. The number of nitrogens with one attached hydrogen (secondary N) is 1. The molecule has 4 rings (SSSR count). The fraction of sp³-hybridized carbons (Fsp3) is 0.548. The highest BCUT2D eigenvalue weighted by Gasteiger charge is 2.60. The molecule has 2 N–H and O–H groups in total. The van der Waals surface area contributed by atoms with Crippen molar-refractivity contribution < 1.29 is 23.9 Å². The van der Waals surface area contributed by atoms with Gasteiger partial charge in [0.25, 0.3) is 0 Å². The van der Waals surface area contributed by atoms with E-state index in [0.29, 0.717) is 31.6 Å². The van der Waals surface area contributed by atoms with Crippen LogP contribution in [0.4, 0.5) is 0 Å². The molecule has 200 valence electrons. The Hall–Kier alpha value is -2.70. The second kappa shape index (κ2) is 11.4. The number of nitrogens with zero attached hydrogens (tertiary/aromatic N) is 1. The molecule has 6 nitrogen and oxygen atoms in total. The lowest BCUT2D eigenvalue weighted by Gasteiger charge is -2.58. The van der Waals surface area contributed by atoms with E-state index >= 15 is 0 Å². The van der Waals surface area contributed by atoms with Crippen LogP contribution in [0.3, 0.4) is 0 Å². The molecule has 1 saturated heterocycles. The van der Waals surface area contributed by atoms with Gasteiger partial charge in [0.1, 0.15) is 17.9 Å². The van der Waals surface area contributed by atoms with E-state index in [0.717, 1.165) is 55.1 Å². The number of ether oxygens (including phenoxy) is 1. The van der Waals surface area contributed by atoms with Gasteiger partial charge in [0.2, 0.25) is 5.91 Å². The first-order valence-electron chi connectivity index (χ1n) is 13.8. The molecule has 0 bridgehead atoms. The summed E-state index contributed by atoms with van der Waals surface area (Å²) in [6.07, 6.45) is 7.49. The Balaban J connectivity index is 1.41. The van der Waals surface area contributed by atoms with Gasteiger partial charge in [-0.25, -0.2) is 0 Å². The lowest BCUT2D eigenvalue weighted by Crippen LogP contribution is -2.70. The van der Waals surface area contributed by atoms with Crippen LogP contribution in [0.25, 0.3) is 0 Å². The number of aryl methyl sites for hydroxylation is 1. The fourth-order valence-corrected chi connectivity index (χ4v) is 6.62. The molecule has 1 amide bonds. The van der Waals surface area contributed by atoms with Crippen LogP contribution in [-0.4, -0.2) is 60.3 Å². The average Bonchev–Trinajstić information content (AvgIpc) is 2.84. The first kappa shape index (κ1) is 27.3. The van der Waals surface area contributed by atoms with Gasteiger partial charge in [0, 0.05) is 31.2 Å². The first-order valence-corrected chi connectivity index (χ1v) is 13.8. The molecule has 0 aromatic heterocycles. The van der Waals surface area contributed by atoms with E-state index in [-0.39, 0.29) is 17.9 Å². The number of aliphatic hydroxyl groups is 1. The Morgan fingerprint density at radius 3 is 2.59 bits per heavy atom. The molecule has 1 aliphatic heterocycles. The summed E-state index contributed by atoms with van der Waals surface area (Å²) >= 11 is 0. The number of fused-ring (bicyclic) bond motifs is 1. The zero-order valence-electron chi connectivity index (χ0n) is 22.7. The minimum absolute atomic E-state index is 0.0168. The third-order valence-corrected chi connectivity index (χ3v) is 8.45. The monoisotopic (exact) mass is 507 g/mol. The van der Waals surface area contributed by atoms with Gasteiger partial charge in [-0.05, 0) is 61.8 Å². The average molecular weight is 508 g/mol. The molecule has 1 aliphatic carbocycles. The number of likely N-dealkylation sites (N-methyl/N-ethyl adjacent to an activating group) is 1. The predicted molar refractivity (Wildman–Crippen MR) is 145 cm³/mol. The topological polar surface area (TPSA) is 75.6 Å². The lowest BCUT2D eigenvalue weighted by atomic mass is 9.55. The maximum atomic E-state index is 12.9. The zero-order valence-corrected chi connectivity index (χ0v) is 22.7. The summed E-state index contributed by atoms with van der Waals surface area (Å²) in [4.78, 5) is 24.5. The number of carbonyl (C=O) groups is 2. The number of carbonyl (C=O) groups excluding carboxylic acids is 2. The largest absolute Gasteiger partial charge is 0.427 e. The Kier molecular flexibility index (Phi) is 8.39. The van der Waals surface area contributed by atoms with Gasteiger partial charge in [-0.15, -0.1) is 0 Å². The van der Waals surface area contributed by atoms with Gasteiger partial charge in [-0.2, -0.15) is 0 Å². The van der Waals surface area contributed by atoms with Crippen LogP contribution < -0.4 is 10.1 Å². The number of rotatable bonds is 9. The number of unbranched alkanes of at least 4 members (excludes halogenated alkanes) is 2. The zero-order chi connectivity index (χ0) is 26.5. The predicted octanol–water partition coefficient (Wildman–Crippen LogP) is 4.53. The van der Waals surface area contributed by atoms with E-state index in [1.165, 1.54) is 12.5 Å². The third-order valence-electron chi connectivity index (χ3n) is 8.45. The summed E-state index contributed by atoms with van der Waals surface area (Å²) in [6, 6.07) is 18.1. The summed E-state index contributed by atoms with van der Waals surface area (Å²) in [6.45, 7) is 2.99. The molecule has 1 saturated carbocycles. The Bertz CT molecular complexity index is 1090. The van der Waals surface area contributed by atoms with E-state index < -0.39 is 11.0 Å². The summed E-state index contributed by atoms with van der Waals surface area (Å²) in [5.41, 5.74) is 0.956. The lowest BCUT2D eigenvalue weighted by molar-refractivity contribution is -0.905. The number of esters is 1. The molecule has 1 heterocycles. The number of quaternary nitrogens is 1. The molecule has 37 heavy (non-hydrogen) atoms. The maximum Gasteiger partial charge on any atom is 0.308 e. The second-order valence-corrected chi connectivity index (χ2v) is 11.9. The highest BCUT2D eigenvalue weighted by molar-refractivity contribution is 5.76. The van der Waals surface area contributed by atoms with E-state index in [2.05, 4.69) is 43.7 Å². The number of piperidine rings is 1. The summed E-state index contributed by atoms with van der Waals surface area (Å²) in [7, 11) is 4.34. The third kappa shape index (κ3) is 6.60. The Labute approximate surface area is 221 Å². The van der Waals surface area contributed by atoms with Gasteiger partial charge < -0.3 is 19.6 Å². The van der Waals surface area contributed by atoms with Crippen molar-refractivity contribution in [3.05, 3.63) is 65.7 Å². The van der Waals surface area contributed by atoms with Crippen molar-refractivity contribution in [3.63, 3.8) is 0 Å². The van der Waals surface area contributed by atoms with Gasteiger partial charge in [0.05, 0.1) is 20.6 Å². The Morgan fingerprint density at radius 2 is 1.84 bits per heavy atom. The fourth-order valence-electron chi connectivity index (χ4n) is 6.62. The van der Waals surface area contributed by atoms with Gasteiger partial charge in [0.15, 0.2) is 0 Å². The molecule has 0 unspecified atom stereocenters. The molecular weight excluding hydrogens is 464 g/mol. The van der Waals surface area contributed by atoms with E-state index in [1.54, 1.807) is 6.07 Å². The standard InChI is InChI=1S/C31H42N2O4/c1-24(34)37-28-15-10-14-26(21-28)30-19-20-33(2,3)23-31(30,36)18-17-27(22-30)32-29(35)16-9-5-8-13-25-11-6-4-7-12-25/h4,6-7,10-12,14-15,21,27,36H,5,8-9,13,16-20,22-23H2,1-3H3/p+1/t27-,30-,31-/m0/s1. The molecule has 6 heteroatoms. The highest BCUT2D eigenvalue weighted by Crippen LogP contribution is 2.53. The number of benzene rings is 2. The van der Waals surface area contributed by atoms with Gasteiger partial charge in [-0.1, -0.05) is 48.9 Å². The van der Waals surface area contributed by atoms with Crippen LogP contribution in [0.5, 0.6) is 5.75 Å². The number of hydrogen-bond acceptors (Lipinski definition) is 4. The molecule has 3 atom stereocenters. The normalized spacial score (nSPS) is 26.6. The smallest absolute Gasteiger partial charge is 0.308 e. The number of hydrogen-bond donors (Lipinski definition) is 2. The van der Waals surface area contributed by atoms with Crippen molar-refractivity contribution >= 4 is 11.9 Å². The molecular formula is C31H43N2O4+. The van der Waals surface area contributed by atoms with Crippen LogP contribution >= 0.6 is 0 Å². The van der Waals surface area contributed by atoms with Crippen molar-refractivity contribution in [3.8, 4) is 5.75 Å². The van der Waals surface area contributed by atoms with E-state index in [1.807, 2.05) is 24.3 Å². The number of amides is 1. The van der Waals surface area contributed by atoms with Crippen LogP contribution in [0.1, 0.15) is 69.4 Å². The summed E-state index contributed by atoms with van der Waals surface area (Å²) in [5.74, 6) is 0.248. The van der Waals surface area contributed by atoms with Crippen molar-refractivity contribution in [1.29, 1.82) is 0 Å². The molecule has 2 aromatic rings. The molecule has 2 aromatic carbocycles.